The van der Waals surface area contributed by atoms with Gasteiger partial charge in [-0.1, -0.05) is 194 Å². The number of hydrogen-bond acceptors (Lipinski definition) is 2. The van der Waals surface area contributed by atoms with Gasteiger partial charge >= 0.3 is 0 Å². The highest BCUT2D eigenvalue weighted by atomic mass is 32.1. The molecule has 0 bridgehead atoms. The molecule has 4 aliphatic rings. The molecule has 1 heterocycles. The van der Waals surface area contributed by atoms with Crippen molar-refractivity contribution in [1.82, 2.24) is 0 Å². The minimum atomic E-state index is -0.462. The van der Waals surface area contributed by atoms with Crippen molar-refractivity contribution in [1.29, 1.82) is 0 Å². The molecule has 16 rings (SSSR count). The van der Waals surface area contributed by atoms with Crippen LogP contribution in [0.2, 0.25) is 0 Å². The largest absolute Gasteiger partial charge is 0.310 e. The molecule has 2 spiro atoms. The SMILES string of the molecule is c1ccc2c(c1)-c1ccccc1C21c2ccccc2-c2ccc(N(c3ccc(-c4ccc5sc6ccccc6c5c4)cc3)c3ccc4c(c3)C3(c5ccccc5-c5ccccc53)c3ccccc3-4)cc21. The Morgan fingerprint density at radius 2 is 0.586 bits per heavy atom. The number of rotatable bonds is 4. The first-order valence-electron chi connectivity index (χ1n) is 24.4. The van der Waals surface area contributed by atoms with Crippen molar-refractivity contribution in [2.75, 3.05) is 4.90 Å². The Morgan fingerprint density at radius 1 is 0.243 bits per heavy atom. The molecular formula is C68H41NS. The minimum Gasteiger partial charge on any atom is -0.310 e. The summed E-state index contributed by atoms with van der Waals surface area (Å²) in [6.45, 7) is 0. The smallest absolute Gasteiger partial charge is 0.0726 e. The topological polar surface area (TPSA) is 3.24 Å². The van der Waals surface area contributed by atoms with Crippen LogP contribution in [-0.2, 0) is 10.8 Å². The van der Waals surface area contributed by atoms with Crippen LogP contribution < -0.4 is 4.90 Å². The second kappa shape index (κ2) is 14.0. The summed E-state index contributed by atoms with van der Waals surface area (Å²) in [6.07, 6.45) is 0. The second-order valence-electron chi connectivity index (χ2n) is 19.4. The fourth-order valence-corrected chi connectivity index (χ4v) is 14.7. The highest BCUT2D eigenvalue weighted by Gasteiger charge is 2.53. The second-order valence-corrected chi connectivity index (χ2v) is 20.5. The van der Waals surface area contributed by atoms with E-state index in [9.17, 15) is 0 Å². The predicted molar refractivity (Wildman–Crippen MR) is 292 cm³/mol. The molecule has 0 aliphatic heterocycles. The number of anilines is 3. The van der Waals surface area contributed by atoms with Gasteiger partial charge < -0.3 is 4.90 Å². The summed E-state index contributed by atoms with van der Waals surface area (Å²) in [7, 11) is 0. The molecule has 0 saturated heterocycles. The molecule has 0 N–H and O–H groups in total. The van der Waals surface area contributed by atoms with E-state index >= 15 is 0 Å². The summed E-state index contributed by atoms with van der Waals surface area (Å²) < 4.78 is 2.65. The van der Waals surface area contributed by atoms with Crippen LogP contribution in [0.15, 0.2) is 249 Å². The van der Waals surface area contributed by atoms with Gasteiger partial charge in [0.15, 0.2) is 0 Å². The third-order valence-electron chi connectivity index (χ3n) is 16.3. The molecule has 0 atom stereocenters. The summed E-state index contributed by atoms with van der Waals surface area (Å²) >= 11 is 1.87. The van der Waals surface area contributed by atoms with Crippen molar-refractivity contribution < 1.29 is 0 Å². The molecule has 0 radical (unpaired) electrons. The van der Waals surface area contributed by atoms with E-state index < -0.39 is 10.8 Å². The van der Waals surface area contributed by atoms with Gasteiger partial charge in [-0.2, -0.15) is 0 Å². The standard InChI is InChI=1S/C68H41NS/c1-8-22-57-47(15-1)48-16-2-9-23-58(48)67(57)61-26-12-5-19-51(61)53-36-34-45(40-63(53)67)69(44-32-29-42(30-33-44)43-31-38-66-56(39-43)55-21-7-14-28-65(55)70-66)46-35-37-54-52-20-6-13-27-62(52)68(64(54)41-46)59-24-10-3-17-49(59)50-18-4-11-25-60(50)68/h1-41H. The minimum absolute atomic E-state index is 0.462. The Bertz CT molecular complexity index is 3890. The first-order valence-corrected chi connectivity index (χ1v) is 25.2. The van der Waals surface area contributed by atoms with Crippen LogP contribution in [0, 0.1) is 0 Å². The fraction of sp³-hybridized carbons (Fsp3) is 0.0294. The van der Waals surface area contributed by atoms with Crippen LogP contribution in [0.1, 0.15) is 44.5 Å². The number of fused-ring (bicyclic) bond motifs is 23. The molecule has 4 aliphatic carbocycles. The van der Waals surface area contributed by atoms with E-state index in [-0.39, 0.29) is 0 Å². The quantitative estimate of drug-likeness (QED) is 0.170. The van der Waals surface area contributed by atoms with Gasteiger partial charge in [0.2, 0.25) is 0 Å². The summed E-state index contributed by atoms with van der Waals surface area (Å²) in [6, 6.07) is 94.3. The van der Waals surface area contributed by atoms with E-state index in [4.69, 9.17) is 0 Å². The summed E-state index contributed by atoms with van der Waals surface area (Å²) in [4.78, 5) is 2.52. The van der Waals surface area contributed by atoms with Crippen LogP contribution in [0.4, 0.5) is 17.1 Å². The molecule has 0 unspecified atom stereocenters. The Hall–Kier alpha value is -8.56. The number of thiophene rings is 1. The molecule has 1 nitrogen and oxygen atoms in total. The Kier molecular flexibility index (Phi) is 7.69. The van der Waals surface area contributed by atoms with Crippen molar-refractivity contribution in [3.8, 4) is 55.6 Å². The van der Waals surface area contributed by atoms with Gasteiger partial charge in [0.25, 0.3) is 0 Å². The monoisotopic (exact) mass is 903 g/mol. The lowest BCUT2D eigenvalue weighted by Crippen LogP contribution is -2.26. The summed E-state index contributed by atoms with van der Waals surface area (Å²) in [5, 5.41) is 2.63. The zero-order chi connectivity index (χ0) is 45.7. The van der Waals surface area contributed by atoms with Crippen LogP contribution >= 0.6 is 11.3 Å². The van der Waals surface area contributed by atoms with Crippen LogP contribution in [0.3, 0.4) is 0 Å². The third-order valence-corrected chi connectivity index (χ3v) is 17.5. The van der Waals surface area contributed by atoms with Crippen molar-refractivity contribution in [2.45, 2.75) is 10.8 Å². The van der Waals surface area contributed by atoms with Gasteiger partial charge in [0, 0.05) is 37.2 Å². The van der Waals surface area contributed by atoms with Crippen LogP contribution in [0.25, 0.3) is 75.8 Å². The van der Waals surface area contributed by atoms with E-state index in [2.05, 4.69) is 254 Å². The van der Waals surface area contributed by atoms with Gasteiger partial charge in [-0.3, -0.25) is 0 Å². The molecule has 0 saturated carbocycles. The summed E-state index contributed by atoms with van der Waals surface area (Å²) in [5.74, 6) is 0. The van der Waals surface area contributed by atoms with Crippen molar-refractivity contribution in [2.24, 2.45) is 0 Å². The van der Waals surface area contributed by atoms with E-state index in [0.717, 1.165) is 17.1 Å². The maximum atomic E-state index is 2.52. The number of hydrogen-bond donors (Lipinski definition) is 0. The lowest BCUT2D eigenvalue weighted by atomic mass is 9.70. The van der Waals surface area contributed by atoms with E-state index in [1.807, 2.05) is 11.3 Å². The molecule has 0 amide bonds. The van der Waals surface area contributed by atoms with Gasteiger partial charge in [-0.15, -0.1) is 11.3 Å². The Morgan fingerprint density at radius 3 is 1.03 bits per heavy atom. The van der Waals surface area contributed by atoms with Crippen molar-refractivity contribution in [3.63, 3.8) is 0 Å². The molecular weight excluding hydrogens is 863 g/mol. The molecule has 2 heteroatoms. The molecule has 0 fully saturated rings. The lowest BCUT2D eigenvalue weighted by molar-refractivity contribution is 0.792. The first kappa shape index (κ1) is 38.4. The molecule has 12 aromatic rings. The van der Waals surface area contributed by atoms with E-state index in [0.29, 0.717) is 0 Å². The van der Waals surface area contributed by atoms with Gasteiger partial charge in [-0.05, 0) is 155 Å². The normalized spacial score (nSPS) is 14.2. The number of nitrogens with zero attached hydrogens (tertiary/aromatic N) is 1. The van der Waals surface area contributed by atoms with E-state index in [1.165, 1.54) is 120 Å². The average Bonchev–Trinajstić information content (AvgIpc) is 4.21. The maximum Gasteiger partial charge on any atom is 0.0726 e. The Balaban J connectivity index is 0.937. The van der Waals surface area contributed by atoms with Gasteiger partial charge in [0.05, 0.1) is 10.8 Å². The van der Waals surface area contributed by atoms with Crippen molar-refractivity contribution >= 4 is 48.6 Å². The van der Waals surface area contributed by atoms with Gasteiger partial charge in [0.1, 0.15) is 0 Å². The Labute approximate surface area is 410 Å². The highest BCUT2D eigenvalue weighted by molar-refractivity contribution is 7.25. The molecule has 1 aromatic heterocycles. The number of benzene rings is 11. The predicted octanol–water partition coefficient (Wildman–Crippen LogP) is 17.9. The summed E-state index contributed by atoms with van der Waals surface area (Å²) in [5.41, 5.74) is 26.0. The molecule has 324 valence electrons. The lowest BCUT2D eigenvalue weighted by Gasteiger charge is -2.33. The average molecular weight is 904 g/mol. The van der Waals surface area contributed by atoms with Gasteiger partial charge in [-0.25, -0.2) is 0 Å². The van der Waals surface area contributed by atoms with Crippen LogP contribution in [-0.4, -0.2) is 0 Å². The zero-order valence-electron chi connectivity index (χ0n) is 38.0. The third kappa shape index (κ3) is 4.81. The fourth-order valence-electron chi connectivity index (χ4n) is 13.6. The van der Waals surface area contributed by atoms with E-state index in [1.54, 1.807) is 0 Å². The molecule has 70 heavy (non-hydrogen) atoms. The van der Waals surface area contributed by atoms with Crippen molar-refractivity contribution in [3.05, 3.63) is 293 Å². The maximum absolute atomic E-state index is 2.52. The highest BCUT2D eigenvalue weighted by Crippen LogP contribution is 2.65. The zero-order valence-corrected chi connectivity index (χ0v) is 38.8. The molecule has 11 aromatic carbocycles. The van der Waals surface area contributed by atoms with Crippen LogP contribution in [0.5, 0.6) is 0 Å². The first-order chi connectivity index (χ1) is 34.7.